The maximum Gasteiger partial charge on any atom is 0.249 e. The highest BCUT2D eigenvalue weighted by Crippen LogP contribution is 2.19. The standard InChI is InChI=1S/C17H23N3O3/c1-13(21)18-10-9-15(22)19-16(14-7-3-2-4-8-14)17(23)20-11-5-6-12-20/h2-4,7-8,16H,5-6,9-12H2,1H3,(H,18,21)(H,19,22)/t16-/m0/s1. The molecule has 2 N–H and O–H groups in total. The van der Waals surface area contributed by atoms with Crippen molar-refractivity contribution in [3.05, 3.63) is 35.9 Å². The van der Waals surface area contributed by atoms with Crippen molar-refractivity contribution in [1.82, 2.24) is 15.5 Å². The van der Waals surface area contributed by atoms with E-state index in [0.717, 1.165) is 31.5 Å². The normalized spacial score (nSPS) is 15.1. The Bertz CT molecular complexity index is 553. The first-order valence-corrected chi connectivity index (χ1v) is 7.95. The molecule has 3 amide bonds. The fourth-order valence-electron chi connectivity index (χ4n) is 2.64. The molecule has 1 aromatic carbocycles. The fraction of sp³-hybridized carbons (Fsp3) is 0.471. The molecule has 0 unspecified atom stereocenters. The Morgan fingerprint density at radius 2 is 1.78 bits per heavy atom. The highest BCUT2D eigenvalue weighted by atomic mass is 16.2. The molecule has 0 spiro atoms. The molecule has 1 saturated heterocycles. The summed E-state index contributed by atoms with van der Waals surface area (Å²) in [5.41, 5.74) is 0.775. The van der Waals surface area contributed by atoms with Gasteiger partial charge in [0, 0.05) is 33.0 Å². The lowest BCUT2D eigenvalue weighted by atomic mass is 10.1. The predicted molar refractivity (Wildman–Crippen MR) is 86.4 cm³/mol. The summed E-state index contributed by atoms with van der Waals surface area (Å²) in [4.78, 5) is 37.4. The van der Waals surface area contributed by atoms with Crippen LogP contribution in [0.2, 0.25) is 0 Å². The molecule has 1 aliphatic rings. The monoisotopic (exact) mass is 317 g/mol. The minimum atomic E-state index is -0.667. The van der Waals surface area contributed by atoms with E-state index in [9.17, 15) is 14.4 Å². The van der Waals surface area contributed by atoms with Crippen molar-refractivity contribution < 1.29 is 14.4 Å². The number of carbonyl (C=O) groups excluding carboxylic acids is 3. The first-order valence-electron chi connectivity index (χ1n) is 7.95. The molecule has 0 radical (unpaired) electrons. The molecule has 2 rings (SSSR count). The van der Waals surface area contributed by atoms with Crippen molar-refractivity contribution >= 4 is 17.7 Å². The second-order valence-electron chi connectivity index (χ2n) is 5.68. The third-order valence-corrected chi connectivity index (χ3v) is 3.83. The third kappa shape index (κ3) is 5.09. The van der Waals surface area contributed by atoms with Gasteiger partial charge in [-0.3, -0.25) is 14.4 Å². The Hall–Kier alpha value is -2.37. The molecule has 1 aliphatic heterocycles. The van der Waals surface area contributed by atoms with Gasteiger partial charge in [-0.15, -0.1) is 0 Å². The van der Waals surface area contributed by atoms with Crippen LogP contribution >= 0.6 is 0 Å². The quantitative estimate of drug-likeness (QED) is 0.821. The molecular weight excluding hydrogens is 294 g/mol. The Labute approximate surface area is 136 Å². The van der Waals surface area contributed by atoms with Crippen LogP contribution in [-0.4, -0.2) is 42.3 Å². The lowest BCUT2D eigenvalue weighted by Gasteiger charge is -2.24. The van der Waals surface area contributed by atoms with Crippen molar-refractivity contribution in [2.24, 2.45) is 0 Å². The smallest absolute Gasteiger partial charge is 0.249 e. The Kier molecular flexibility index (Phi) is 6.14. The maximum absolute atomic E-state index is 12.7. The summed E-state index contributed by atoms with van der Waals surface area (Å²) in [6, 6.07) is 8.59. The van der Waals surface area contributed by atoms with Crippen LogP contribution in [0, 0.1) is 0 Å². The Morgan fingerprint density at radius 3 is 2.39 bits per heavy atom. The largest absolute Gasteiger partial charge is 0.356 e. The van der Waals surface area contributed by atoms with E-state index in [1.165, 1.54) is 6.92 Å². The Balaban J connectivity index is 2.03. The van der Waals surface area contributed by atoms with Gasteiger partial charge in [0.05, 0.1) is 0 Å². The van der Waals surface area contributed by atoms with Gasteiger partial charge in [-0.1, -0.05) is 30.3 Å². The number of hydrogen-bond acceptors (Lipinski definition) is 3. The van der Waals surface area contributed by atoms with Crippen molar-refractivity contribution in [3.63, 3.8) is 0 Å². The molecule has 1 aromatic rings. The van der Waals surface area contributed by atoms with Crippen LogP contribution in [0.4, 0.5) is 0 Å². The first kappa shape index (κ1) is 17.0. The molecule has 0 bridgehead atoms. The molecule has 23 heavy (non-hydrogen) atoms. The van der Waals surface area contributed by atoms with Crippen LogP contribution in [0.5, 0.6) is 0 Å². The summed E-state index contributed by atoms with van der Waals surface area (Å²) in [7, 11) is 0. The summed E-state index contributed by atoms with van der Waals surface area (Å²) in [5, 5.41) is 5.38. The number of likely N-dealkylation sites (tertiary alicyclic amines) is 1. The van der Waals surface area contributed by atoms with Crippen LogP contribution in [0.3, 0.4) is 0 Å². The van der Waals surface area contributed by atoms with E-state index in [1.54, 1.807) is 4.90 Å². The average molecular weight is 317 g/mol. The lowest BCUT2D eigenvalue weighted by molar-refractivity contribution is -0.135. The zero-order chi connectivity index (χ0) is 16.7. The van der Waals surface area contributed by atoms with Crippen LogP contribution < -0.4 is 10.6 Å². The molecule has 6 nitrogen and oxygen atoms in total. The summed E-state index contributed by atoms with van der Waals surface area (Å²) in [6.45, 7) is 3.15. The zero-order valence-corrected chi connectivity index (χ0v) is 13.4. The van der Waals surface area contributed by atoms with Crippen molar-refractivity contribution in [3.8, 4) is 0 Å². The molecule has 0 saturated carbocycles. The second-order valence-corrected chi connectivity index (χ2v) is 5.68. The summed E-state index contributed by atoms with van der Waals surface area (Å²) >= 11 is 0. The average Bonchev–Trinajstić information content (AvgIpc) is 3.07. The van der Waals surface area contributed by atoms with Gasteiger partial charge < -0.3 is 15.5 Å². The SMILES string of the molecule is CC(=O)NCCC(=O)N[C@H](C(=O)N1CCCC1)c1ccccc1. The van der Waals surface area contributed by atoms with Gasteiger partial charge in [0.2, 0.25) is 17.7 Å². The molecule has 6 heteroatoms. The second kappa shape index (κ2) is 8.31. The highest BCUT2D eigenvalue weighted by molar-refractivity contribution is 5.89. The highest BCUT2D eigenvalue weighted by Gasteiger charge is 2.28. The number of hydrogen-bond donors (Lipinski definition) is 2. The summed E-state index contributed by atoms with van der Waals surface area (Å²) < 4.78 is 0. The van der Waals surface area contributed by atoms with E-state index >= 15 is 0 Å². The predicted octanol–water partition coefficient (Wildman–Crippen LogP) is 0.993. The topological polar surface area (TPSA) is 78.5 Å². The number of nitrogens with zero attached hydrogens (tertiary/aromatic N) is 1. The van der Waals surface area contributed by atoms with E-state index in [2.05, 4.69) is 10.6 Å². The van der Waals surface area contributed by atoms with Crippen LogP contribution in [0.1, 0.15) is 37.8 Å². The van der Waals surface area contributed by atoms with Gasteiger partial charge >= 0.3 is 0 Å². The molecule has 1 fully saturated rings. The minimum absolute atomic E-state index is 0.0680. The summed E-state index contributed by atoms with van der Waals surface area (Å²) in [5.74, 6) is -0.493. The van der Waals surface area contributed by atoms with Gasteiger partial charge in [0.1, 0.15) is 6.04 Å². The number of carbonyl (C=O) groups is 3. The van der Waals surface area contributed by atoms with E-state index in [1.807, 2.05) is 30.3 Å². The van der Waals surface area contributed by atoms with Gasteiger partial charge in [0.25, 0.3) is 0 Å². The van der Waals surface area contributed by atoms with E-state index < -0.39 is 6.04 Å². The minimum Gasteiger partial charge on any atom is -0.356 e. The summed E-state index contributed by atoms with van der Waals surface area (Å²) in [6.07, 6.45) is 2.16. The van der Waals surface area contributed by atoms with E-state index in [0.29, 0.717) is 0 Å². The van der Waals surface area contributed by atoms with Gasteiger partial charge in [-0.25, -0.2) is 0 Å². The van der Waals surface area contributed by atoms with Crippen LogP contribution in [-0.2, 0) is 14.4 Å². The number of amides is 3. The first-order chi connectivity index (χ1) is 11.1. The molecule has 0 aliphatic carbocycles. The third-order valence-electron chi connectivity index (χ3n) is 3.83. The molecule has 1 heterocycles. The van der Waals surface area contributed by atoms with Crippen molar-refractivity contribution in [2.75, 3.05) is 19.6 Å². The zero-order valence-electron chi connectivity index (χ0n) is 13.4. The van der Waals surface area contributed by atoms with Gasteiger partial charge in [-0.2, -0.15) is 0 Å². The van der Waals surface area contributed by atoms with E-state index in [4.69, 9.17) is 0 Å². The van der Waals surface area contributed by atoms with E-state index in [-0.39, 0.29) is 30.7 Å². The van der Waals surface area contributed by atoms with Gasteiger partial charge in [-0.05, 0) is 18.4 Å². The number of benzene rings is 1. The maximum atomic E-state index is 12.7. The fourth-order valence-corrected chi connectivity index (χ4v) is 2.64. The van der Waals surface area contributed by atoms with Gasteiger partial charge in [0.15, 0.2) is 0 Å². The Morgan fingerprint density at radius 1 is 1.13 bits per heavy atom. The number of nitrogens with one attached hydrogen (secondary N) is 2. The van der Waals surface area contributed by atoms with Crippen molar-refractivity contribution in [1.29, 1.82) is 0 Å². The lowest BCUT2D eigenvalue weighted by Crippen LogP contribution is -2.42. The molecule has 124 valence electrons. The molecular formula is C17H23N3O3. The van der Waals surface area contributed by atoms with Crippen LogP contribution in [0.25, 0.3) is 0 Å². The number of rotatable bonds is 6. The van der Waals surface area contributed by atoms with Crippen LogP contribution in [0.15, 0.2) is 30.3 Å². The van der Waals surface area contributed by atoms with Crippen molar-refractivity contribution in [2.45, 2.75) is 32.2 Å². The molecule has 1 atom stereocenters. The molecule has 0 aromatic heterocycles.